The number of rotatable bonds is 22. The molecular formula is C44H65N11O8. The summed E-state index contributed by atoms with van der Waals surface area (Å²) in [7, 11) is 2.93. The molecule has 0 fully saturated rings. The number of likely N-dealkylation sites (N-methyl/N-ethyl adjacent to an activating group) is 1. The Labute approximate surface area is 370 Å². The standard InChI is InChI=1S/C44H65N11O8/c1-10-44(7,34(28-56)50-39(60)40(61)52-43(4,5)6)35(38(59)48-32(26-29(2)3)36(57)46-8)51-37(58)33(27-30-18-13-11-14-19-30)49-41(62)54(23-17-22-45)24-25-55(42(63)53-47-9)31-20-15-12-16-21-31/h11-16,18-21,28-29,32-35,47H,10,17,23-27H2,1-9H3,(H,46,57)(H,48,59)(H,49,62)(H,50,60)(H,51,58)(H,52,61)(H,53,63)/t32?,33?,34?,35?,44-/m1/s1. The van der Waals surface area contributed by atoms with Crippen molar-refractivity contribution >= 4 is 53.6 Å². The van der Waals surface area contributed by atoms with Crippen LogP contribution in [0.1, 0.15) is 73.3 Å². The lowest BCUT2D eigenvalue weighted by molar-refractivity contribution is -0.143. The third-order valence-corrected chi connectivity index (χ3v) is 10.2. The number of hydrogen-bond acceptors (Lipinski definition) is 10. The molecule has 9 amide bonds. The van der Waals surface area contributed by atoms with Crippen molar-refractivity contribution in [3.63, 3.8) is 0 Å². The van der Waals surface area contributed by atoms with Gasteiger partial charge in [0.1, 0.15) is 24.4 Å². The Hall–Kier alpha value is -6.55. The number of nitriles is 1. The molecule has 19 nitrogen and oxygen atoms in total. The minimum absolute atomic E-state index is 0.0154. The molecule has 0 aliphatic heterocycles. The van der Waals surface area contributed by atoms with Crippen LogP contribution in [0, 0.1) is 22.7 Å². The third kappa shape index (κ3) is 16.7. The van der Waals surface area contributed by atoms with Crippen LogP contribution in [0.4, 0.5) is 15.3 Å². The van der Waals surface area contributed by atoms with Gasteiger partial charge in [0.2, 0.25) is 17.7 Å². The minimum atomic E-state index is -1.65. The first-order valence-electron chi connectivity index (χ1n) is 20.9. The van der Waals surface area contributed by atoms with Gasteiger partial charge in [0.25, 0.3) is 0 Å². The second kappa shape index (κ2) is 25.4. The molecule has 0 aliphatic rings. The van der Waals surface area contributed by atoms with E-state index in [1.165, 1.54) is 30.8 Å². The average Bonchev–Trinajstić information content (AvgIpc) is 3.24. The molecule has 4 unspecified atom stereocenters. The summed E-state index contributed by atoms with van der Waals surface area (Å²) in [5, 5.41) is 25.2. The zero-order valence-electron chi connectivity index (χ0n) is 37.8. The Morgan fingerprint density at radius 3 is 1.89 bits per heavy atom. The average molecular weight is 876 g/mol. The molecule has 5 atom stereocenters. The lowest BCUT2D eigenvalue weighted by atomic mass is 9.72. The molecule has 0 bridgehead atoms. The molecular weight excluding hydrogens is 811 g/mol. The molecule has 0 aliphatic carbocycles. The van der Waals surface area contributed by atoms with E-state index >= 15 is 0 Å². The van der Waals surface area contributed by atoms with Gasteiger partial charge >= 0.3 is 23.9 Å². The number of carbonyl (C=O) groups excluding carboxylic acids is 8. The van der Waals surface area contributed by atoms with Crippen LogP contribution in [0.2, 0.25) is 0 Å². The van der Waals surface area contributed by atoms with Gasteiger partial charge in [-0.2, -0.15) is 5.26 Å². The fourth-order valence-corrected chi connectivity index (χ4v) is 6.62. The lowest BCUT2D eigenvalue weighted by Crippen LogP contribution is -2.67. The molecule has 19 heteroatoms. The van der Waals surface area contributed by atoms with Crippen LogP contribution in [0.15, 0.2) is 60.7 Å². The molecule has 2 aromatic rings. The van der Waals surface area contributed by atoms with Crippen LogP contribution in [0.3, 0.4) is 0 Å². The zero-order valence-corrected chi connectivity index (χ0v) is 37.8. The number of aldehydes is 1. The minimum Gasteiger partial charge on any atom is -0.357 e. The molecule has 2 aromatic carbocycles. The first kappa shape index (κ1) is 52.6. The summed E-state index contributed by atoms with van der Waals surface area (Å²) in [4.78, 5) is 111. The Morgan fingerprint density at radius 1 is 0.746 bits per heavy atom. The van der Waals surface area contributed by atoms with E-state index in [-0.39, 0.29) is 51.2 Å². The first-order valence-corrected chi connectivity index (χ1v) is 20.9. The number of carbonyl (C=O) groups is 8. The maximum atomic E-state index is 14.7. The van der Waals surface area contributed by atoms with E-state index in [9.17, 15) is 43.6 Å². The number of amides is 9. The number of nitrogens with one attached hydrogen (secondary N) is 8. The van der Waals surface area contributed by atoms with Crippen molar-refractivity contribution < 1.29 is 38.4 Å². The molecule has 0 heterocycles. The molecule has 344 valence electrons. The fraction of sp³-hybridized carbons (Fsp3) is 0.523. The third-order valence-electron chi connectivity index (χ3n) is 10.2. The van der Waals surface area contributed by atoms with Gasteiger partial charge in [0.15, 0.2) is 0 Å². The second-order valence-electron chi connectivity index (χ2n) is 16.7. The number of benzene rings is 2. The van der Waals surface area contributed by atoms with E-state index in [1.807, 2.05) is 19.9 Å². The van der Waals surface area contributed by atoms with Gasteiger partial charge in [0, 0.05) is 56.8 Å². The van der Waals surface area contributed by atoms with Crippen LogP contribution in [0.5, 0.6) is 0 Å². The van der Waals surface area contributed by atoms with Gasteiger partial charge in [-0.05, 0) is 57.2 Å². The summed E-state index contributed by atoms with van der Waals surface area (Å²) in [6, 6.07) is 12.5. The Morgan fingerprint density at radius 2 is 1.37 bits per heavy atom. The quantitative estimate of drug-likeness (QED) is 0.0482. The molecule has 0 saturated carbocycles. The van der Waals surface area contributed by atoms with E-state index in [0.717, 1.165) is 0 Å². The van der Waals surface area contributed by atoms with Crippen molar-refractivity contribution in [3.05, 3.63) is 66.2 Å². The summed E-state index contributed by atoms with van der Waals surface area (Å²) in [5.41, 5.74) is 3.83. The first-order chi connectivity index (χ1) is 29.7. The number of hydrazine groups is 1. The van der Waals surface area contributed by atoms with Crippen LogP contribution in [0.25, 0.3) is 0 Å². The Kier molecular flexibility index (Phi) is 21.2. The van der Waals surface area contributed by atoms with E-state index in [1.54, 1.807) is 88.4 Å². The normalized spacial score (nSPS) is 13.9. The summed E-state index contributed by atoms with van der Waals surface area (Å²) < 4.78 is 0. The Bertz CT molecular complexity index is 1900. The van der Waals surface area contributed by atoms with Gasteiger partial charge in [-0.25, -0.2) is 15.0 Å². The van der Waals surface area contributed by atoms with Crippen LogP contribution in [-0.4, -0.2) is 116 Å². The number of para-hydroxylation sites is 1. The maximum Gasteiger partial charge on any atom is 0.336 e. The number of nitrogens with zero attached hydrogens (tertiary/aromatic N) is 3. The van der Waals surface area contributed by atoms with E-state index in [2.05, 4.69) is 42.8 Å². The molecule has 0 saturated heterocycles. The second-order valence-corrected chi connectivity index (χ2v) is 16.7. The predicted octanol–water partition coefficient (Wildman–Crippen LogP) is 1.65. The number of urea groups is 2. The van der Waals surface area contributed by atoms with Crippen molar-refractivity contribution in [2.45, 2.75) is 104 Å². The summed E-state index contributed by atoms with van der Waals surface area (Å²) in [6.45, 7) is 11.6. The SMILES string of the molecule is CC[C@](C)(C(C=O)NC(=O)C(=O)NC(C)(C)C)C(NC(=O)C(Cc1ccccc1)NC(=O)N(CCC#N)CCN(C(=O)NNC)c1ccccc1)C(=O)NC(CC(C)C)C(=O)NC. The topological polar surface area (TPSA) is 263 Å². The lowest BCUT2D eigenvalue weighted by Gasteiger charge is -2.41. The maximum absolute atomic E-state index is 14.7. The number of anilines is 1. The van der Waals surface area contributed by atoms with Crippen molar-refractivity contribution in [1.82, 2.24) is 47.7 Å². The van der Waals surface area contributed by atoms with Crippen molar-refractivity contribution in [1.29, 1.82) is 5.26 Å². The van der Waals surface area contributed by atoms with Crippen molar-refractivity contribution in [2.75, 3.05) is 38.6 Å². The van der Waals surface area contributed by atoms with Gasteiger partial charge < -0.3 is 41.6 Å². The number of hydrogen-bond donors (Lipinski definition) is 8. The smallest absolute Gasteiger partial charge is 0.336 e. The Balaban J connectivity index is 2.66. The summed E-state index contributed by atoms with van der Waals surface area (Å²) in [6.07, 6.45) is 0.385. The highest BCUT2D eigenvalue weighted by atomic mass is 16.2. The van der Waals surface area contributed by atoms with Crippen LogP contribution >= 0.6 is 0 Å². The molecule has 0 radical (unpaired) electrons. The highest BCUT2D eigenvalue weighted by Gasteiger charge is 2.47. The van der Waals surface area contributed by atoms with Crippen LogP contribution < -0.4 is 47.7 Å². The van der Waals surface area contributed by atoms with Crippen molar-refractivity contribution in [2.24, 2.45) is 11.3 Å². The van der Waals surface area contributed by atoms with Gasteiger partial charge in [0.05, 0.1) is 18.5 Å². The van der Waals surface area contributed by atoms with Gasteiger partial charge in [-0.15, -0.1) is 0 Å². The largest absolute Gasteiger partial charge is 0.357 e. The monoisotopic (exact) mass is 876 g/mol. The van der Waals surface area contributed by atoms with Crippen LogP contribution in [-0.2, 0) is 35.2 Å². The molecule has 2 rings (SSSR count). The molecule has 0 spiro atoms. The molecule has 8 N–H and O–H groups in total. The highest BCUT2D eigenvalue weighted by Crippen LogP contribution is 2.31. The van der Waals surface area contributed by atoms with Gasteiger partial charge in [-0.3, -0.25) is 34.3 Å². The van der Waals surface area contributed by atoms with E-state index < -0.39 is 76.7 Å². The van der Waals surface area contributed by atoms with Crippen molar-refractivity contribution in [3.8, 4) is 6.07 Å². The van der Waals surface area contributed by atoms with Gasteiger partial charge in [-0.1, -0.05) is 76.2 Å². The highest BCUT2D eigenvalue weighted by molar-refractivity contribution is 6.35. The molecule has 63 heavy (non-hydrogen) atoms. The van der Waals surface area contributed by atoms with E-state index in [0.29, 0.717) is 17.5 Å². The predicted molar refractivity (Wildman–Crippen MR) is 237 cm³/mol. The summed E-state index contributed by atoms with van der Waals surface area (Å²) >= 11 is 0. The summed E-state index contributed by atoms with van der Waals surface area (Å²) in [5.74, 6) is -4.50. The van der Waals surface area contributed by atoms with E-state index in [4.69, 9.17) is 0 Å². The molecule has 0 aromatic heterocycles. The fourth-order valence-electron chi connectivity index (χ4n) is 6.62. The zero-order chi connectivity index (χ0) is 47.3.